The molecule has 0 amide bonds. The molecule has 1 unspecified atom stereocenters. The Morgan fingerprint density at radius 3 is 2.56 bits per heavy atom. The number of ketones is 1. The Morgan fingerprint density at radius 2 is 2.12 bits per heavy atom. The van der Waals surface area contributed by atoms with Crippen molar-refractivity contribution in [1.29, 1.82) is 0 Å². The molecule has 1 rings (SSSR count). The Bertz CT molecular complexity index is 362. The van der Waals surface area contributed by atoms with E-state index in [4.69, 9.17) is 5.73 Å². The fourth-order valence-corrected chi connectivity index (χ4v) is 2.51. The normalized spacial score (nSPS) is 13.8. The van der Waals surface area contributed by atoms with E-state index in [1.54, 1.807) is 11.3 Å². The molecule has 0 spiro atoms. The van der Waals surface area contributed by atoms with Gasteiger partial charge in [-0.1, -0.05) is 20.8 Å². The highest BCUT2D eigenvalue weighted by atomic mass is 32.1. The Labute approximate surface area is 102 Å². The molecule has 90 valence electrons. The van der Waals surface area contributed by atoms with Crippen molar-refractivity contribution in [3.63, 3.8) is 0 Å². The van der Waals surface area contributed by atoms with Gasteiger partial charge in [0.25, 0.3) is 0 Å². The highest BCUT2D eigenvalue weighted by Crippen LogP contribution is 2.22. The number of carbonyl (C=O) groups excluding carboxylic acids is 1. The van der Waals surface area contributed by atoms with E-state index in [1.807, 2.05) is 18.4 Å². The van der Waals surface area contributed by atoms with Gasteiger partial charge in [-0.2, -0.15) is 0 Å². The average molecular weight is 239 g/mol. The molecule has 1 aromatic rings. The minimum atomic E-state index is -0.0345. The Balaban J connectivity index is 2.52. The van der Waals surface area contributed by atoms with Crippen LogP contribution in [-0.2, 0) is 0 Å². The van der Waals surface area contributed by atoms with Gasteiger partial charge in [-0.3, -0.25) is 4.79 Å². The van der Waals surface area contributed by atoms with Crippen molar-refractivity contribution in [2.24, 2.45) is 11.1 Å². The van der Waals surface area contributed by atoms with Gasteiger partial charge in [-0.25, -0.2) is 0 Å². The van der Waals surface area contributed by atoms with Crippen molar-refractivity contribution in [1.82, 2.24) is 0 Å². The van der Waals surface area contributed by atoms with Gasteiger partial charge < -0.3 is 5.73 Å². The first-order valence-corrected chi connectivity index (χ1v) is 6.50. The highest BCUT2D eigenvalue weighted by molar-refractivity contribution is 7.10. The van der Waals surface area contributed by atoms with Gasteiger partial charge in [0.1, 0.15) is 0 Å². The number of aryl methyl sites for hydroxylation is 1. The van der Waals surface area contributed by atoms with Crippen LogP contribution in [0.1, 0.15) is 48.8 Å². The lowest BCUT2D eigenvalue weighted by Gasteiger charge is -2.22. The summed E-state index contributed by atoms with van der Waals surface area (Å²) in [6.07, 6.45) is 1.33. The third-order valence-electron chi connectivity index (χ3n) is 2.37. The van der Waals surface area contributed by atoms with Crippen LogP contribution in [0.3, 0.4) is 0 Å². The van der Waals surface area contributed by atoms with Crippen LogP contribution in [0.4, 0.5) is 0 Å². The maximum Gasteiger partial charge on any atom is 0.165 e. The predicted molar refractivity (Wildman–Crippen MR) is 70.1 cm³/mol. The molecule has 16 heavy (non-hydrogen) atoms. The summed E-state index contributed by atoms with van der Waals surface area (Å²) >= 11 is 1.61. The monoisotopic (exact) mass is 239 g/mol. The van der Waals surface area contributed by atoms with E-state index >= 15 is 0 Å². The molecule has 1 heterocycles. The van der Waals surface area contributed by atoms with Crippen molar-refractivity contribution >= 4 is 17.1 Å². The van der Waals surface area contributed by atoms with Gasteiger partial charge in [0.15, 0.2) is 5.78 Å². The topological polar surface area (TPSA) is 43.1 Å². The summed E-state index contributed by atoms with van der Waals surface area (Å²) in [7, 11) is 0. The Morgan fingerprint density at radius 1 is 1.50 bits per heavy atom. The number of Topliss-reactive ketones (excluding diaryl/α,β-unsaturated/α-hetero) is 1. The second-order valence-electron chi connectivity index (χ2n) is 5.60. The molecular formula is C13H21NOS. The summed E-state index contributed by atoms with van der Waals surface area (Å²) in [5.41, 5.74) is 6.98. The van der Waals surface area contributed by atoms with Crippen LogP contribution < -0.4 is 5.73 Å². The molecule has 0 aromatic carbocycles. The SMILES string of the molecule is Cc1cc(C(=O)CC(N)CC(C)(C)C)cs1. The molecule has 0 saturated heterocycles. The predicted octanol–water partition coefficient (Wildman–Crippen LogP) is 3.39. The number of thiophene rings is 1. The summed E-state index contributed by atoms with van der Waals surface area (Å²) in [5, 5.41) is 1.92. The van der Waals surface area contributed by atoms with Crippen molar-refractivity contribution < 1.29 is 4.79 Å². The highest BCUT2D eigenvalue weighted by Gasteiger charge is 2.19. The van der Waals surface area contributed by atoms with Crippen LogP contribution in [0.15, 0.2) is 11.4 Å². The van der Waals surface area contributed by atoms with Gasteiger partial charge in [-0.15, -0.1) is 11.3 Å². The van der Waals surface area contributed by atoms with Crippen LogP contribution in [0.5, 0.6) is 0 Å². The number of hydrogen-bond acceptors (Lipinski definition) is 3. The molecule has 0 aliphatic carbocycles. The number of nitrogens with two attached hydrogens (primary N) is 1. The van der Waals surface area contributed by atoms with Crippen LogP contribution in [-0.4, -0.2) is 11.8 Å². The quantitative estimate of drug-likeness (QED) is 0.818. The standard InChI is InChI=1S/C13H21NOS/c1-9-5-10(8-16-9)12(15)6-11(14)7-13(2,3)4/h5,8,11H,6-7,14H2,1-4H3. The van der Waals surface area contributed by atoms with Gasteiger partial charge in [0.05, 0.1) is 0 Å². The molecule has 0 saturated carbocycles. The largest absolute Gasteiger partial charge is 0.327 e. The third kappa shape index (κ3) is 4.45. The summed E-state index contributed by atoms with van der Waals surface area (Å²) in [5.74, 6) is 0.168. The van der Waals surface area contributed by atoms with Crippen molar-refractivity contribution in [3.05, 3.63) is 21.9 Å². The molecular weight excluding hydrogens is 218 g/mol. The fraction of sp³-hybridized carbons (Fsp3) is 0.615. The van der Waals surface area contributed by atoms with Gasteiger partial charge in [0, 0.05) is 28.3 Å². The van der Waals surface area contributed by atoms with Gasteiger partial charge >= 0.3 is 0 Å². The summed E-state index contributed by atoms with van der Waals surface area (Å²) in [6.45, 7) is 8.45. The zero-order valence-corrected chi connectivity index (χ0v) is 11.4. The molecule has 0 fully saturated rings. The molecule has 2 N–H and O–H groups in total. The van der Waals surface area contributed by atoms with E-state index in [0.29, 0.717) is 6.42 Å². The van der Waals surface area contributed by atoms with E-state index in [-0.39, 0.29) is 17.2 Å². The molecule has 2 nitrogen and oxygen atoms in total. The molecule has 1 aromatic heterocycles. The third-order valence-corrected chi connectivity index (χ3v) is 3.24. The van der Waals surface area contributed by atoms with Crippen molar-refractivity contribution in [2.75, 3.05) is 0 Å². The van der Waals surface area contributed by atoms with E-state index in [1.165, 1.54) is 4.88 Å². The Hall–Kier alpha value is -0.670. The van der Waals surface area contributed by atoms with Crippen molar-refractivity contribution in [3.8, 4) is 0 Å². The molecule has 0 aliphatic rings. The van der Waals surface area contributed by atoms with Gasteiger partial charge in [-0.05, 0) is 24.8 Å². The van der Waals surface area contributed by atoms with Crippen LogP contribution >= 0.6 is 11.3 Å². The van der Waals surface area contributed by atoms with Crippen molar-refractivity contribution in [2.45, 2.75) is 46.6 Å². The zero-order chi connectivity index (χ0) is 12.3. The second-order valence-corrected chi connectivity index (χ2v) is 6.71. The first kappa shape index (κ1) is 13.4. The van der Waals surface area contributed by atoms with E-state index in [2.05, 4.69) is 20.8 Å². The number of carbonyl (C=O) groups is 1. The summed E-state index contributed by atoms with van der Waals surface area (Å²) in [4.78, 5) is 13.1. The maximum atomic E-state index is 11.9. The van der Waals surface area contributed by atoms with E-state index < -0.39 is 0 Å². The van der Waals surface area contributed by atoms with E-state index in [0.717, 1.165) is 12.0 Å². The Kier molecular flexibility index (Phi) is 4.28. The maximum absolute atomic E-state index is 11.9. The van der Waals surface area contributed by atoms with Crippen LogP contribution in [0.25, 0.3) is 0 Å². The molecule has 0 aliphatic heterocycles. The fourth-order valence-electron chi connectivity index (χ4n) is 1.80. The number of hydrogen-bond donors (Lipinski definition) is 1. The van der Waals surface area contributed by atoms with Crippen LogP contribution in [0, 0.1) is 12.3 Å². The molecule has 0 bridgehead atoms. The molecule has 1 atom stereocenters. The lowest BCUT2D eigenvalue weighted by Crippen LogP contribution is -2.28. The minimum Gasteiger partial charge on any atom is -0.327 e. The summed E-state index contributed by atoms with van der Waals surface area (Å²) in [6, 6.07) is 1.91. The molecule has 0 radical (unpaired) electrons. The van der Waals surface area contributed by atoms with Crippen LogP contribution in [0.2, 0.25) is 0 Å². The zero-order valence-electron chi connectivity index (χ0n) is 10.5. The average Bonchev–Trinajstić information content (AvgIpc) is 2.47. The number of rotatable bonds is 4. The first-order valence-electron chi connectivity index (χ1n) is 5.62. The van der Waals surface area contributed by atoms with Gasteiger partial charge in [0.2, 0.25) is 0 Å². The lowest BCUT2D eigenvalue weighted by molar-refractivity contribution is 0.0968. The lowest BCUT2D eigenvalue weighted by atomic mass is 9.86. The van der Waals surface area contributed by atoms with E-state index in [9.17, 15) is 4.79 Å². The smallest absolute Gasteiger partial charge is 0.165 e. The molecule has 3 heteroatoms. The minimum absolute atomic E-state index is 0.0345. The summed E-state index contributed by atoms with van der Waals surface area (Å²) < 4.78 is 0. The second kappa shape index (κ2) is 5.11. The first-order chi connectivity index (χ1) is 7.28.